The van der Waals surface area contributed by atoms with Crippen LogP contribution in [0.25, 0.3) is 0 Å². The van der Waals surface area contributed by atoms with Crippen LogP contribution in [0.1, 0.15) is 5.56 Å². The summed E-state index contributed by atoms with van der Waals surface area (Å²) in [5.74, 6) is 1.81. The number of nitrogens with one attached hydrogen (secondary N) is 2. The van der Waals surface area contributed by atoms with Crippen molar-refractivity contribution in [2.24, 2.45) is 0 Å². The Hall–Kier alpha value is -2.64. The second-order valence-electron chi connectivity index (χ2n) is 5.23. The largest absolute Gasteiger partial charge is 0.497 e. The van der Waals surface area contributed by atoms with Gasteiger partial charge in [0.1, 0.15) is 11.5 Å². The van der Waals surface area contributed by atoms with Crippen molar-refractivity contribution in [2.45, 2.75) is 6.54 Å². The number of nitrogens with zero attached hydrogens (tertiary/aromatic N) is 1. The lowest BCUT2D eigenvalue weighted by atomic mass is 10.2. The number of carbonyl (C=O) groups excluding carboxylic acids is 1. The fourth-order valence-electron chi connectivity index (χ4n) is 2.02. The van der Waals surface area contributed by atoms with E-state index in [-0.39, 0.29) is 12.5 Å². The molecule has 0 atom stereocenters. The fourth-order valence-corrected chi connectivity index (χ4v) is 2.02. The fraction of sp³-hybridized carbons (Fsp3) is 0.333. The number of hydrogen-bond acceptors (Lipinski definition) is 6. The third-order valence-electron chi connectivity index (χ3n) is 3.34. The molecule has 134 valence electrons. The maximum absolute atomic E-state index is 11.7. The first-order valence-electron chi connectivity index (χ1n) is 7.94. The Morgan fingerprint density at radius 1 is 1.12 bits per heavy atom. The number of amides is 1. The normalized spacial score (nSPS) is 10.3. The zero-order chi connectivity index (χ0) is 17.9. The molecule has 0 fully saturated rings. The predicted molar refractivity (Wildman–Crippen MR) is 93.9 cm³/mol. The summed E-state index contributed by atoms with van der Waals surface area (Å²) in [5, 5.41) is 5.83. The van der Waals surface area contributed by atoms with E-state index in [4.69, 9.17) is 14.2 Å². The molecule has 0 unspecified atom stereocenters. The minimum atomic E-state index is -0.0782. The summed E-state index contributed by atoms with van der Waals surface area (Å²) < 4.78 is 15.7. The van der Waals surface area contributed by atoms with Crippen molar-refractivity contribution in [3.05, 3.63) is 48.2 Å². The van der Waals surface area contributed by atoms with Crippen LogP contribution < -0.4 is 20.1 Å². The number of hydrogen-bond donors (Lipinski definition) is 2. The van der Waals surface area contributed by atoms with Gasteiger partial charge in [0.25, 0.3) is 0 Å². The lowest BCUT2D eigenvalue weighted by molar-refractivity contribution is -0.120. The molecule has 7 nitrogen and oxygen atoms in total. The van der Waals surface area contributed by atoms with Crippen LogP contribution in [0.2, 0.25) is 0 Å². The van der Waals surface area contributed by atoms with E-state index in [1.807, 2.05) is 18.2 Å². The lowest BCUT2D eigenvalue weighted by Gasteiger charge is -2.09. The van der Waals surface area contributed by atoms with Crippen molar-refractivity contribution in [3.8, 4) is 17.4 Å². The summed E-state index contributed by atoms with van der Waals surface area (Å²) >= 11 is 0. The summed E-state index contributed by atoms with van der Waals surface area (Å²) in [6.07, 6.45) is 1.65. The Kier molecular flexibility index (Phi) is 7.68. The molecule has 2 N–H and O–H groups in total. The van der Waals surface area contributed by atoms with Crippen molar-refractivity contribution in [1.82, 2.24) is 15.6 Å². The van der Waals surface area contributed by atoms with Crippen LogP contribution in [0.5, 0.6) is 17.4 Å². The van der Waals surface area contributed by atoms with E-state index in [9.17, 15) is 4.79 Å². The molecule has 0 saturated heterocycles. The molecule has 1 heterocycles. The first kappa shape index (κ1) is 18.7. The number of benzene rings is 1. The van der Waals surface area contributed by atoms with Gasteiger partial charge in [-0.05, 0) is 35.9 Å². The number of pyridine rings is 1. The monoisotopic (exact) mass is 345 g/mol. The van der Waals surface area contributed by atoms with Crippen LogP contribution in [0, 0.1) is 0 Å². The molecule has 0 aliphatic heterocycles. The number of rotatable bonds is 10. The standard InChI is InChI=1S/C18H23N3O4/c1-23-10-9-19-13-17(22)21-12-14-7-8-20-18(11-14)25-16-5-3-15(24-2)4-6-16/h3-8,11,19H,9-10,12-13H2,1-2H3,(H,21,22). The van der Waals surface area contributed by atoms with E-state index >= 15 is 0 Å². The first-order valence-corrected chi connectivity index (χ1v) is 7.94. The van der Waals surface area contributed by atoms with Gasteiger partial charge in [-0.2, -0.15) is 0 Å². The number of ether oxygens (including phenoxy) is 3. The molecule has 1 aromatic carbocycles. The summed E-state index contributed by atoms with van der Waals surface area (Å²) in [7, 11) is 3.24. The molecule has 0 bridgehead atoms. The van der Waals surface area contributed by atoms with Gasteiger partial charge in [0.2, 0.25) is 11.8 Å². The van der Waals surface area contributed by atoms with E-state index in [2.05, 4.69) is 15.6 Å². The Bertz CT molecular complexity index is 662. The average molecular weight is 345 g/mol. The topological polar surface area (TPSA) is 81.7 Å². The molecular formula is C18H23N3O4. The summed E-state index contributed by atoms with van der Waals surface area (Å²) in [6.45, 7) is 1.87. The van der Waals surface area contributed by atoms with Crippen molar-refractivity contribution in [1.29, 1.82) is 0 Å². The number of aromatic nitrogens is 1. The second-order valence-corrected chi connectivity index (χ2v) is 5.23. The number of carbonyl (C=O) groups is 1. The van der Waals surface area contributed by atoms with Gasteiger partial charge in [-0.1, -0.05) is 0 Å². The molecule has 0 radical (unpaired) electrons. The van der Waals surface area contributed by atoms with Crippen LogP contribution in [-0.2, 0) is 16.1 Å². The van der Waals surface area contributed by atoms with Crippen molar-refractivity contribution in [2.75, 3.05) is 33.9 Å². The SMILES string of the molecule is COCCNCC(=O)NCc1ccnc(Oc2ccc(OC)cc2)c1. The van der Waals surface area contributed by atoms with E-state index < -0.39 is 0 Å². The van der Waals surface area contributed by atoms with Crippen molar-refractivity contribution >= 4 is 5.91 Å². The summed E-state index contributed by atoms with van der Waals surface area (Å²) in [4.78, 5) is 15.9. The summed E-state index contributed by atoms with van der Waals surface area (Å²) in [5.41, 5.74) is 0.906. The minimum absolute atomic E-state index is 0.0782. The molecule has 0 saturated carbocycles. The zero-order valence-corrected chi connectivity index (χ0v) is 14.5. The van der Waals surface area contributed by atoms with Crippen molar-refractivity contribution < 1.29 is 19.0 Å². The molecule has 0 aliphatic carbocycles. The van der Waals surface area contributed by atoms with Gasteiger partial charge >= 0.3 is 0 Å². The quantitative estimate of drug-likeness (QED) is 0.638. The predicted octanol–water partition coefficient (Wildman–Crippen LogP) is 1.73. The van der Waals surface area contributed by atoms with Gasteiger partial charge in [-0.3, -0.25) is 4.79 Å². The molecule has 7 heteroatoms. The maximum atomic E-state index is 11.7. The lowest BCUT2D eigenvalue weighted by Crippen LogP contribution is -2.34. The Morgan fingerprint density at radius 3 is 2.60 bits per heavy atom. The van der Waals surface area contributed by atoms with Crippen LogP contribution >= 0.6 is 0 Å². The van der Waals surface area contributed by atoms with Gasteiger partial charge in [0.05, 0.1) is 20.3 Å². The summed E-state index contributed by atoms with van der Waals surface area (Å²) in [6, 6.07) is 10.9. The average Bonchev–Trinajstić information content (AvgIpc) is 2.64. The molecule has 25 heavy (non-hydrogen) atoms. The zero-order valence-electron chi connectivity index (χ0n) is 14.5. The maximum Gasteiger partial charge on any atom is 0.234 e. The molecule has 0 aliphatic rings. The van der Waals surface area contributed by atoms with Gasteiger partial charge < -0.3 is 24.8 Å². The Labute approximate surface area is 147 Å². The third kappa shape index (κ3) is 6.78. The molecule has 2 aromatic rings. The van der Waals surface area contributed by atoms with Crippen LogP contribution in [0.3, 0.4) is 0 Å². The minimum Gasteiger partial charge on any atom is -0.497 e. The second kappa shape index (κ2) is 10.3. The van der Waals surface area contributed by atoms with Gasteiger partial charge in [-0.15, -0.1) is 0 Å². The van der Waals surface area contributed by atoms with Crippen molar-refractivity contribution in [3.63, 3.8) is 0 Å². The Balaban J connectivity index is 1.82. The van der Waals surface area contributed by atoms with Crippen LogP contribution in [0.4, 0.5) is 0 Å². The third-order valence-corrected chi connectivity index (χ3v) is 3.34. The van der Waals surface area contributed by atoms with Crippen LogP contribution in [-0.4, -0.2) is 44.8 Å². The van der Waals surface area contributed by atoms with Gasteiger partial charge in [0, 0.05) is 32.5 Å². The van der Waals surface area contributed by atoms with Gasteiger partial charge in [0.15, 0.2) is 0 Å². The smallest absolute Gasteiger partial charge is 0.234 e. The molecule has 1 aromatic heterocycles. The van der Waals surface area contributed by atoms with Crippen LogP contribution in [0.15, 0.2) is 42.6 Å². The highest BCUT2D eigenvalue weighted by atomic mass is 16.5. The Morgan fingerprint density at radius 2 is 1.88 bits per heavy atom. The van der Waals surface area contributed by atoms with E-state index in [1.165, 1.54) is 0 Å². The highest BCUT2D eigenvalue weighted by Crippen LogP contribution is 2.22. The molecule has 1 amide bonds. The number of methoxy groups -OCH3 is 2. The van der Waals surface area contributed by atoms with E-state index in [0.29, 0.717) is 31.3 Å². The highest BCUT2D eigenvalue weighted by molar-refractivity contribution is 5.77. The molecule has 2 rings (SSSR count). The van der Waals surface area contributed by atoms with E-state index in [0.717, 1.165) is 11.3 Å². The highest BCUT2D eigenvalue weighted by Gasteiger charge is 2.04. The van der Waals surface area contributed by atoms with E-state index in [1.54, 1.807) is 38.6 Å². The molecule has 0 spiro atoms. The van der Waals surface area contributed by atoms with Gasteiger partial charge in [-0.25, -0.2) is 4.98 Å². The molecular weight excluding hydrogens is 322 g/mol. The first-order chi connectivity index (χ1) is 12.2.